The first kappa shape index (κ1) is 30.3. The van der Waals surface area contributed by atoms with E-state index in [0.717, 1.165) is 56.6 Å². The van der Waals surface area contributed by atoms with Gasteiger partial charge in [-0.2, -0.15) is 0 Å². The lowest BCUT2D eigenvalue weighted by atomic mass is 9.68. The summed E-state index contributed by atoms with van der Waals surface area (Å²) in [7, 11) is -0.353. The van der Waals surface area contributed by atoms with Crippen LogP contribution in [0.3, 0.4) is 0 Å². The molecule has 2 fully saturated rings. The molecule has 1 saturated heterocycles. The number of rotatable bonds is 7. The second-order valence-corrected chi connectivity index (χ2v) is 19.5. The van der Waals surface area contributed by atoms with Crippen LogP contribution >= 0.6 is 0 Å². The number of nitrogens with zero attached hydrogens (tertiary/aromatic N) is 2. The van der Waals surface area contributed by atoms with Crippen molar-refractivity contribution in [3.8, 4) is 5.75 Å². The highest BCUT2D eigenvalue weighted by atomic mass is 28.4. The summed E-state index contributed by atoms with van der Waals surface area (Å²) >= 11 is 0. The van der Waals surface area contributed by atoms with Crippen LogP contribution in [-0.4, -0.2) is 62.4 Å². The highest BCUT2D eigenvalue weighted by molar-refractivity contribution is 6.74. The first-order chi connectivity index (χ1) is 20.4. The zero-order valence-corrected chi connectivity index (χ0v) is 27.8. The van der Waals surface area contributed by atoms with Gasteiger partial charge in [-0.3, -0.25) is 9.69 Å². The number of benzene rings is 2. The zero-order chi connectivity index (χ0) is 30.6. The van der Waals surface area contributed by atoms with Crippen molar-refractivity contribution in [2.75, 3.05) is 33.4 Å². The Labute approximate surface area is 257 Å². The number of hydrogen-bond acceptors (Lipinski definition) is 4. The van der Waals surface area contributed by atoms with Crippen LogP contribution in [0.25, 0.3) is 10.9 Å². The molecule has 0 radical (unpaired) electrons. The Bertz CT molecular complexity index is 1480. The van der Waals surface area contributed by atoms with Gasteiger partial charge < -0.3 is 19.0 Å². The Hall–Kier alpha value is -2.68. The number of carbonyl (C=O) groups excluding carboxylic acids is 1. The molecule has 0 bridgehead atoms. The molecule has 6 nitrogen and oxygen atoms in total. The number of carbonyl (C=O) groups is 1. The average molecular weight is 606 g/mol. The molecule has 6 rings (SSSR count). The molecule has 1 N–H and O–H groups in total. The molecule has 3 aliphatic rings. The van der Waals surface area contributed by atoms with Gasteiger partial charge in [-0.25, -0.2) is 4.39 Å². The average Bonchev–Trinajstić information content (AvgIpc) is 3.32. The lowest BCUT2D eigenvalue weighted by Gasteiger charge is -2.51. The number of fused-ring (bicyclic) bond motifs is 4. The second-order valence-electron chi connectivity index (χ2n) is 14.6. The van der Waals surface area contributed by atoms with Gasteiger partial charge in [0.05, 0.1) is 19.8 Å². The van der Waals surface area contributed by atoms with Crippen molar-refractivity contribution in [1.82, 2.24) is 14.8 Å². The van der Waals surface area contributed by atoms with Crippen LogP contribution < -0.4 is 4.74 Å². The lowest BCUT2D eigenvalue weighted by molar-refractivity contribution is -0.140. The van der Waals surface area contributed by atoms with E-state index in [1.807, 2.05) is 18.2 Å². The van der Waals surface area contributed by atoms with Crippen molar-refractivity contribution >= 4 is 25.1 Å². The molecule has 3 heterocycles. The van der Waals surface area contributed by atoms with E-state index < -0.39 is 8.32 Å². The van der Waals surface area contributed by atoms with Crippen molar-refractivity contribution in [2.24, 2.45) is 5.92 Å². The predicted octanol–water partition coefficient (Wildman–Crippen LogP) is 7.55. The maximum atomic E-state index is 15.1. The van der Waals surface area contributed by atoms with Gasteiger partial charge in [0, 0.05) is 65.7 Å². The fourth-order valence-corrected chi connectivity index (χ4v) is 8.09. The van der Waals surface area contributed by atoms with E-state index in [9.17, 15) is 4.79 Å². The Morgan fingerprint density at radius 1 is 1.12 bits per heavy atom. The van der Waals surface area contributed by atoms with Crippen LogP contribution in [0.2, 0.25) is 18.1 Å². The molecule has 1 aliphatic carbocycles. The first-order valence-electron chi connectivity index (χ1n) is 16.0. The third-order valence-corrected chi connectivity index (χ3v) is 15.6. The van der Waals surface area contributed by atoms with Crippen LogP contribution in [-0.2, 0) is 21.2 Å². The fraction of sp³-hybridized carbons (Fsp3) is 0.571. The third-order valence-electron chi connectivity index (χ3n) is 11.1. The molecule has 43 heavy (non-hydrogen) atoms. The number of hydrogen-bond donors (Lipinski definition) is 1. The Kier molecular flexibility index (Phi) is 8.01. The highest BCUT2D eigenvalue weighted by Gasteiger charge is 2.49. The smallest absolute Gasteiger partial charge is 0.225 e. The van der Waals surface area contributed by atoms with Crippen molar-refractivity contribution in [3.63, 3.8) is 0 Å². The molecule has 1 aromatic heterocycles. The van der Waals surface area contributed by atoms with Crippen molar-refractivity contribution < 1.29 is 18.3 Å². The van der Waals surface area contributed by atoms with E-state index in [2.05, 4.69) is 60.8 Å². The van der Waals surface area contributed by atoms with E-state index in [0.29, 0.717) is 24.6 Å². The summed E-state index contributed by atoms with van der Waals surface area (Å²) in [6.45, 7) is 14.8. The minimum absolute atomic E-state index is 0.0533. The first-order valence-corrected chi connectivity index (χ1v) is 18.9. The Balaban J connectivity index is 1.42. The molecule has 2 aromatic carbocycles. The van der Waals surface area contributed by atoms with Gasteiger partial charge in [0.25, 0.3) is 0 Å². The summed E-state index contributed by atoms with van der Waals surface area (Å²) < 4.78 is 27.6. The van der Waals surface area contributed by atoms with Gasteiger partial charge in [-0.1, -0.05) is 45.4 Å². The fourth-order valence-electron chi connectivity index (χ4n) is 7.09. The van der Waals surface area contributed by atoms with Crippen molar-refractivity contribution in [3.05, 3.63) is 65.1 Å². The van der Waals surface area contributed by atoms with Gasteiger partial charge >= 0.3 is 0 Å². The molecule has 1 atom stereocenters. The summed E-state index contributed by atoms with van der Waals surface area (Å²) in [6, 6.07) is 13.4. The quantitative estimate of drug-likeness (QED) is 0.283. The van der Waals surface area contributed by atoms with Gasteiger partial charge in [-0.15, -0.1) is 0 Å². The zero-order valence-electron chi connectivity index (χ0n) is 26.8. The molecule has 1 spiro atoms. The summed E-state index contributed by atoms with van der Waals surface area (Å²) in [5, 5.41) is 1.30. The third kappa shape index (κ3) is 5.55. The van der Waals surface area contributed by atoms with Crippen LogP contribution in [0.1, 0.15) is 75.7 Å². The number of H-pyrrole nitrogens is 1. The van der Waals surface area contributed by atoms with Crippen LogP contribution in [0.15, 0.2) is 42.5 Å². The molecular formula is C35H48FN3O3Si. The number of aromatic amines is 1. The van der Waals surface area contributed by atoms with Crippen LogP contribution in [0.4, 0.5) is 4.39 Å². The van der Waals surface area contributed by atoms with Crippen molar-refractivity contribution in [2.45, 2.75) is 89.0 Å². The van der Waals surface area contributed by atoms with Gasteiger partial charge in [0.2, 0.25) is 5.91 Å². The number of nitrogens with one attached hydrogen (secondary N) is 1. The van der Waals surface area contributed by atoms with E-state index >= 15 is 4.39 Å². The number of ether oxygens (including phenoxy) is 1. The minimum Gasteiger partial charge on any atom is -0.497 e. The normalized spacial score (nSPS) is 21.2. The molecular weight excluding hydrogens is 557 g/mol. The summed E-state index contributed by atoms with van der Waals surface area (Å²) in [4.78, 5) is 21.6. The maximum absolute atomic E-state index is 15.1. The molecule has 8 heteroatoms. The number of methoxy groups -OCH3 is 1. The van der Waals surface area contributed by atoms with Crippen LogP contribution in [0, 0.1) is 11.7 Å². The number of likely N-dealkylation sites (tertiary alicyclic amines) is 1. The van der Waals surface area contributed by atoms with Gasteiger partial charge in [0.15, 0.2) is 8.32 Å². The molecule has 3 aromatic rings. The van der Waals surface area contributed by atoms with E-state index in [1.165, 1.54) is 23.1 Å². The number of amides is 1. The van der Waals surface area contributed by atoms with Gasteiger partial charge in [0.1, 0.15) is 11.6 Å². The monoisotopic (exact) mass is 605 g/mol. The van der Waals surface area contributed by atoms with Crippen molar-refractivity contribution in [1.29, 1.82) is 0 Å². The molecule has 1 saturated carbocycles. The molecule has 2 aliphatic heterocycles. The number of aromatic nitrogens is 1. The Morgan fingerprint density at radius 3 is 2.47 bits per heavy atom. The molecule has 232 valence electrons. The SMILES string of the molecule is COc1ccc2c3c([nH]c2c1)[C@H](CO[Si](C)(C)C(C)(C)C)N(Cc1ccccc1F)CC31CCN(C(=O)C2CCC2)CC1. The topological polar surface area (TPSA) is 57.8 Å². The van der Waals surface area contributed by atoms with E-state index in [1.54, 1.807) is 19.2 Å². The number of halogens is 1. The highest BCUT2D eigenvalue weighted by Crippen LogP contribution is 2.50. The summed E-state index contributed by atoms with van der Waals surface area (Å²) in [5.41, 5.74) is 4.13. The van der Waals surface area contributed by atoms with Gasteiger partial charge in [-0.05, 0) is 67.6 Å². The maximum Gasteiger partial charge on any atom is 0.225 e. The van der Waals surface area contributed by atoms with Crippen LogP contribution in [0.5, 0.6) is 5.75 Å². The molecule has 1 amide bonds. The Morgan fingerprint density at radius 2 is 1.84 bits per heavy atom. The lowest BCUT2D eigenvalue weighted by Crippen LogP contribution is -2.55. The number of piperidine rings is 1. The summed E-state index contributed by atoms with van der Waals surface area (Å²) in [6.07, 6.45) is 5.00. The van der Waals surface area contributed by atoms with E-state index in [4.69, 9.17) is 9.16 Å². The summed E-state index contributed by atoms with van der Waals surface area (Å²) in [5.74, 6) is 1.20. The molecule has 0 unspecified atom stereocenters. The van der Waals surface area contributed by atoms with E-state index in [-0.39, 0.29) is 28.2 Å². The minimum atomic E-state index is -2.05. The second kappa shape index (κ2) is 11.3. The standard InChI is InChI=1S/C35H48FN3O3Si/c1-34(2,3)43(5,6)42-22-30-32-31(27-15-14-26(41-4)20-29(27)37-32)35(23-39(30)21-25-10-7-8-13-28(25)36)16-18-38(19-17-35)33(40)24-11-9-12-24/h7-8,10,13-15,20,24,30,37H,9,11-12,16-19,21-23H2,1-6H3/t30-/m0/s1. The largest absolute Gasteiger partial charge is 0.497 e. The predicted molar refractivity (Wildman–Crippen MR) is 172 cm³/mol.